The second kappa shape index (κ2) is 2.67. The third-order valence-electron chi connectivity index (χ3n) is 0.810. The lowest BCUT2D eigenvalue weighted by molar-refractivity contribution is 0.249. The largest absolute Gasteiger partial charge is 0.392 e. The van der Waals surface area contributed by atoms with Gasteiger partial charge in [0.25, 0.3) is 5.41 Å². The van der Waals surface area contributed by atoms with Crippen molar-refractivity contribution in [2.24, 2.45) is 5.41 Å². The van der Waals surface area contributed by atoms with Gasteiger partial charge in [0.1, 0.15) is 18.2 Å². The summed E-state index contributed by atoms with van der Waals surface area (Å²) in [7, 11) is 0. The number of aliphatic hydroxyl groups is 1. The van der Waals surface area contributed by atoms with Crippen LogP contribution in [-0.2, 0) is 0 Å². The first-order valence-corrected chi connectivity index (χ1v) is 2.09. The minimum Gasteiger partial charge on any atom is -0.392 e. The van der Waals surface area contributed by atoms with E-state index in [9.17, 15) is 0 Å². The quantitative estimate of drug-likeness (QED) is 0.507. The van der Waals surface area contributed by atoms with E-state index < -0.39 is 12.0 Å². The second-order valence-electron chi connectivity index (χ2n) is 1.40. The zero-order valence-corrected chi connectivity index (χ0v) is 4.50. The molecule has 0 aromatic rings. The summed E-state index contributed by atoms with van der Waals surface area (Å²) in [5, 5.41) is 32.7. The maximum absolute atomic E-state index is 8.31. The lowest BCUT2D eigenvalue weighted by Crippen LogP contribution is -2.17. The Morgan fingerprint density at radius 2 is 1.44 bits per heavy atom. The van der Waals surface area contributed by atoms with Gasteiger partial charge in [0, 0.05) is 0 Å². The molecule has 0 bridgehead atoms. The summed E-state index contributed by atoms with van der Waals surface area (Å²) in [4.78, 5) is 0. The van der Waals surface area contributed by atoms with Crippen LogP contribution in [0.25, 0.3) is 0 Å². The first-order valence-electron chi connectivity index (χ1n) is 2.09. The van der Waals surface area contributed by atoms with Crippen LogP contribution in [0.4, 0.5) is 0 Å². The van der Waals surface area contributed by atoms with Crippen LogP contribution in [0.3, 0.4) is 0 Å². The molecule has 9 heavy (non-hydrogen) atoms. The van der Waals surface area contributed by atoms with E-state index in [4.69, 9.17) is 20.9 Å². The van der Waals surface area contributed by atoms with Crippen molar-refractivity contribution in [1.29, 1.82) is 15.8 Å². The van der Waals surface area contributed by atoms with Gasteiger partial charge in [0.15, 0.2) is 0 Å². The molecule has 0 radical (unpaired) electrons. The van der Waals surface area contributed by atoms with Gasteiger partial charge in [-0.15, -0.1) is 0 Å². The summed E-state index contributed by atoms with van der Waals surface area (Å²) >= 11 is 0. The minimum atomic E-state index is -1.86. The summed E-state index contributed by atoms with van der Waals surface area (Å²) in [6.45, 7) is -0.740. The number of hydrogen-bond acceptors (Lipinski definition) is 4. The average Bonchev–Trinajstić information content (AvgIpc) is 1.95. The van der Waals surface area contributed by atoms with Gasteiger partial charge in [0.05, 0.1) is 6.61 Å². The van der Waals surface area contributed by atoms with Crippen LogP contribution in [0, 0.1) is 39.4 Å². The smallest absolute Gasteiger partial charge is 0.251 e. The highest BCUT2D eigenvalue weighted by Crippen LogP contribution is 2.09. The molecule has 0 aliphatic carbocycles. The van der Waals surface area contributed by atoms with Crippen LogP contribution < -0.4 is 0 Å². The van der Waals surface area contributed by atoms with Crippen molar-refractivity contribution in [2.75, 3.05) is 6.61 Å². The average molecular weight is 121 g/mol. The first kappa shape index (κ1) is 7.43. The summed E-state index contributed by atoms with van der Waals surface area (Å²) in [5.74, 6) is 0. The molecule has 44 valence electrons. The molecule has 1 N–H and O–H groups in total. The molecule has 0 heterocycles. The number of aliphatic hydroxyl groups excluding tert-OH is 1. The molecule has 0 aliphatic heterocycles. The molecular weight excluding hydrogens is 118 g/mol. The van der Waals surface area contributed by atoms with Gasteiger partial charge in [0.2, 0.25) is 0 Å². The van der Waals surface area contributed by atoms with Gasteiger partial charge in [-0.3, -0.25) is 0 Å². The first-order chi connectivity index (χ1) is 4.24. The van der Waals surface area contributed by atoms with E-state index >= 15 is 0 Å². The van der Waals surface area contributed by atoms with Crippen molar-refractivity contribution in [3.63, 3.8) is 0 Å². The number of rotatable bonds is 1. The van der Waals surface area contributed by atoms with Crippen molar-refractivity contribution >= 4 is 0 Å². The molecule has 0 aromatic carbocycles. The third kappa shape index (κ3) is 1.16. The fourth-order valence-corrected chi connectivity index (χ4v) is 0.181. The standard InChI is InChI=1S/C5H3N3O/c6-1-5(2-7,3-8)4-9/h9H,4H2. The topological polar surface area (TPSA) is 91.6 Å². The number of nitrogens with zero attached hydrogens (tertiary/aromatic N) is 3. The molecule has 0 fully saturated rings. The van der Waals surface area contributed by atoms with Crippen LogP contribution >= 0.6 is 0 Å². The SMILES string of the molecule is N#CC(C#N)(C#N)CO. The molecule has 4 heteroatoms. The Kier molecular flexibility index (Phi) is 2.20. The third-order valence-corrected chi connectivity index (χ3v) is 0.810. The Labute approximate surface area is 52.2 Å². The van der Waals surface area contributed by atoms with E-state index in [-0.39, 0.29) is 0 Å². The van der Waals surface area contributed by atoms with E-state index in [1.165, 1.54) is 18.2 Å². The highest BCUT2D eigenvalue weighted by atomic mass is 16.3. The summed E-state index contributed by atoms with van der Waals surface area (Å²) in [5.41, 5.74) is -1.86. The van der Waals surface area contributed by atoms with Gasteiger partial charge in [-0.05, 0) is 0 Å². The van der Waals surface area contributed by atoms with Gasteiger partial charge in [-0.25, -0.2) is 0 Å². The predicted octanol–water partition coefficient (Wildman–Crippen LogP) is -0.464. The fraction of sp³-hybridized carbons (Fsp3) is 0.400. The van der Waals surface area contributed by atoms with E-state index in [2.05, 4.69) is 0 Å². The van der Waals surface area contributed by atoms with E-state index in [0.29, 0.717) is 0 Å². The Balaban J connectivity index is 4.54. The molecule has 0 amide bonds. The summed E-state index contributed by atoms with van der Waals surface area (Å²) in [6, 6.07) is 4.18. The van der Waals surface area contributed by atoms with Crippen molar-refractivity contribution in [3.8, 4) is 18.2 Å². The molecule has 0 aromatic heterocycles. The minimum absolute atomic E-state index is 0.740. The summed E-state index contributed by atoms with van der Waals surface area (Å²) < 4.78 is 0. The molecule has 0 spiro atoms. The lowest BCUT2D eigenvalue weighted by Gasteiger charge is -2.00. The zero-order chi connectivity index (χ0) is 7.33. The lowest BCUT2D eigenvalue weighted by atomic mass is 9.96. The molecule has 4 nitrogen and oxygen atoms in total. The maximum Gasteiger partial charge on any atom is 0.251 e. The molecule has 0 unspecified atom stereocenters. The van der Waals surface area contributed by atoms with E-state index in [0.717, 1.165) is 0 Å². The van der Waals surface area contributed by atoms with Crippen LogP contribution in [-0.4, -0.2) is 11.7 Å². The van der Waals surface area contributed by atoms with Gasteiger partial charge >= 0.3 is 0 Å². The fourth-order valence-electron chi connectivity index (χ4n) is 0.181. The monoisotopic (exact) mass is 121 g/mol. The van der Waals surface area contributed by atoms with E-state index in [1.54, 1.807) is 0 Å². The second-order valence-corrected chi connectivity index (χ2v) is 1.40. The predicted molar refractivity (Wildman–Crippen MR) is 26.4 cm³/mol. The molecule has 0 aliphatic rings. The molecular formula is C5H3N3O. The molecule has 0 atom stereocenters. The van der Waals surface area contributed by atoms with Gasteiger partial charge in [-0.2, -0.15) is 15.8 Å². The Morgan fingerprint density at radius 1 is 1.11 bits per heavy atom. The van der Waals surface area contributed by atoms with E-state index in [1.807, 2.05) is 0 Å². The Morgan fingerprint density at radius 3 is 1.44 bits per heavy atom. The zero-order valence-electron chi connectivity index (χ0n) is 4.50. The molecule has 0 saturated carbocycles. The summed E-state index contributed by atoms with van der Waals surface area (Å²) in [6.07, 6.45) is 0. The van der Waals surface area contributed by atoms with Crippen LogP contribution in [0.15, 0.2) is 0 Å². The maximum atomic E-state index is 8.31. The molecule has 0 saturated heterocycles. The molecule has 0 rings (SSSR count). The van der Waals surface area contributed by atoms with Crippen molar-refractivity contribution < 1.29 is 5.11 Å². The number of hydrogen-bond donors (Lipinski definition) is 1. The highest BCUT2D eigenvalue weighted by Gasteiger charge is 2.28. The normalized spacial score (nSPS) is 8.67. The van der Waals surface area contributed by atoms with Crippen molar-refractivity contribution in [2.45, 2.75) is 0 Å². The number of nitriles is 3. The van der Waals surface area contributed by atoms with Crippen molar-refractivity contribution in [3.05, 3.63) is 0 Å². The van der Waals surface area contributed by atoms with Crippen LogP contribution in [0.2, 0.25) is 0 Å². The van der Waals surface area contributed by atoms with Gasteiger partial charge < -0.3 is 5.11 Å². The Bertz CT molecular complexity index is 178. The highest BCUT2D eigenvalue weighted by molar-refractivity contribution is 5.25. The van der Waals surface area contributed by atoms with Crippen LogP contribution in [0.5, 0.6) is 0 Å². The van der Waals surface area contributed by atoms with Crippen LogP contribution in [0.1, 0.15) is 0 Å². The Hall–Kier alpha value is -1.57. The van der Waals surface area contributed by atoms with Crippen molar-refractivity contribution in [1.82, 2.24) is 0 Å². The van der Waals surface area contributed by atoms with Gasteiger partial charge in [-0.1, -0.05) is 0 Å².